The van der Waals surface area contributed by atoms with Gasteiger partial charge in [-0.1, -0.05) is 20.3 Å². The predicted molar refractivity (Wildman–Crippen MR) is 67.3 cm³/mol. The molecule has 0 heterocycles. The van der Waals surface area contributed by atoms with Gasteiger partial charge in [-0.3, -0.25) is 0 Å². The van der Waals surface area contributed by atoms with Crippen molar-refractivity contribution in [2.45, 2.75) is 26.7 Å². The molecule has 0 aromatic heterocycles. The first kappa shape index (κ1) is 13.6. The predicted octanol–water partition coefficient (Wildman–Crippen LogP) is 3.29. The van der Waals surface area contributed by atoms with E-state index >= 15 is 0 Å². The third-order valence-electron chi connectivity index (χ3n) is 2.85. The molecule has 1 atom stereocenters. The Labute approximate surface area is 103 Å². The highest BCUT2D eigenvalue weighted by Crippen LogP contribution is 2.14. The van der Waals surface area contributed by atoms with E-state index in [9.17, 15) is 4.79 Å². The van der Waals surface area contributed by atoms with E-state index in [-0.39, 0.29) is 5.97 Å². The summed E-state index contributed by atoms with van der Waals surface area (Å²) in [7, 11) is 1.37. The van der Waals surface area contributed by atoms with Crippen LogP contribution in [-0.2, 0) is 4.74 Å². The van der Waals surface area contributed by atoms with E-state index in [0.29, 0.717) is 18.1 Å². The smallest absolute Gasteiger partial charge is 0.337 e. The van der Waals surface area contributed by atoms with Crippen molar-refractivity contribution in [2.75, 3.05) is 13.7 Å². The van der Waals surface area contributed by atoms with Crippen LogP contribution in [0, 0.1) is 5.92 Å². The second-order valence-corrected chi connectivity index (χ2v) is 4.17. The minimum absolute atomic E-state index is 0.323. The number of benzene rings is 1. The van der Waals surface area contributed by atoms with Gasteiger partial charge in [-0.15, -0.1) is 0 Å². The van der Waals surface area contributed by atoms with Gasteiger partial charge in [0.2, 0.25) is 0 Å². The van der Waals surface area contributed by atoms with Gasteiger partial charge in [-0.25, -0.2) is 4.79 Å². The van der Waals surface area contributed by atoms with Crippen LogP contribution >= 0.6 is 0 Å². The molecular weight excluding hydrogens is 216 g/mol. The lowest BCUT2D eigenvalue weighted by Crippen LogP contribution is -2.04. The van der Waals surface area contributed by atoms with Crippen molar-refractivity contribution in [3.8, 4) is 5.75 Å². The lowest BCUT2D eigenvalue weighted by Gasteiger charge is -2.10. The summed E-state index contributed by atoms with van der Waals surface area (Å²) in [5.74, 6) is 1.15. The number of carbonyl (C=O) groups is 1. The largest absolute Gasteiger partial charge is 0.494 e. The highest BCUT2D eigenvalue weighted by Gasteiger charge is 2.05. The molecule has 3 nitrogen and oxygen atoms in total. The molecule has 0 aliphatic carbocycles. The number of hydrogen-bond acceptors (Lipinski definition) is 3. The van der Waals surface area contributed by atoms with Gasteiger partial charge in [0.1, 0.15) is 5.75 Å². The van der Waals surface area contributed by atoms with Crippen molar-refractivity contribution >= 4 is 5.97 Å². The van der Waals surface area contributed by atoms with Crippen LogP contribution in [-0.4, -0.2) is 19.7 Å². The lowest BCUT2D eigenvalue weighted by molar-refractivity contribution is 0.0600. The third kappa shape index (κ3) is 4.47. The molecule has 1 unspecified atom stereocenters. The van der Waals surface area contributed by atoms with Crippen LogP contribution in [0.15, 0.2) is 24.3 Å². The van der Waals surface area contributed by atoms with Gasteiger partial charge < -0.3 is 9.47 Å². The molecule has 1 aromatic carbocycles. The number of ether oxygens (including phenoxy) is 2. The molecule has 0 N–H and O–H groups in total. The number of methoxy groups -OCH3 is 1. The third-order valence-corrected chi connectivity index (χ3v) is 2.85. The maximum atomic E-state index is 11.2. The van der Waals surface area contributed by atoms with Crippen molar-refractivity contribution in [1.29, 1.82) is 0 Å². The standard InChI is InChI=1S/C14H20O3/c1-4-11(2)9-10-17-13-7-5-12(6-8-13)14(15)16-3/h5-8,11H,4,9-10H2,1-3H3. The van der Waals surface area contributed by atoms with Gasteiger partial charge in [-0.05, 0) is 36.6 Å². The van der Waals surface area contributed by atoms with Gasteiger partial charge in [0.15, 0.2) is 0 Å². The van der Waals surface area contributed by atoms with Crippen molar-refractivity contribution < 1.29 is 14.3 Å². The van der Waals surface area contributed by atoms with Gasteiger partial charge >= 0.3 is 5.97 Å². The Kier molecular flexibility index (Phi) is 5.53. The first-order valence-electron chi connectivity index (χ1n) is 5.98. The fraction of sp³-hybridized carbons (Fsp3) is 0.500. The van der Waals surface area contributed by atoms with E-state index in [4.69, 9.17) is 4.74 Å². The fourth-order valence-corrected chi connectivity index (χ4v) is 1.39. The summed E-state index contributed by atoms with van der Waals surface area (Å²) in [5, 5.41) is 0. The molecule has 0 bridgehead atoms. The van der Waals surface area contributed by atoms with Crippen LogP contribution in [0.1, 0.15) is 37.0 Å². The van der Waals surface area contributed by atoms with Crippen LogP contribution in [0.25, 0.3) is 0 Å². The molecule has 0 aliphatic heterocycles. The van der Waals surface area contributed by atoms with Crippen LogP contribution in [0.3, 0.4) is 0 Å². The van der Waals surface area contributed by atoms with Crippen molar-refractivity contribution in [3.05, 3.63) is 29.8 Å². The Hall–Kier alpha value is -1.51. The van der Waals surface area contributed by atoms with Crippen LogP contribution in [0.5, 0.6) is 5.75 Å². The monoisotopic (exact) mass is 236 g/mol. The summed E-state index contributed by atoms with van der Waals surface area (Å²) in [4.78, 5) is 11.2. The molecule has 0 spiro atoms. The molecular formula is C14H20O3. The Balaban J connectivity index is 2.43. The molecule has 0 fully saturated rings. The van der Waals surface area contributed by atoms with E-state index in [1.54, 1.807) is 24.3 Å². The van der Waals surface area contributed by atoms with Crippen molar-refractivity contribution in [2.24, 2.45) is 5.92 Å². The van der Waals surface area contributed by atoms with Gasteiger partial charge in [-0.2, -0.15) is 0 Å². The minimum Gasteiger partial charge on any atom is -0.494 e. The summed E-state index contributed by atoms with van der Waals surface area (Å²) >= 11 is 0. The van der Waals surface area contributed by atoms with E-state index in [1.165, 1.54) is 13.5 Å². The SMILES string of the molecule is CCC(C)CCOc1ccc(C(=O)OC)cc1. The first-order valence-corrected chi connectivity index (χ1v) is 5.98. The number of hydrogen-bond donors (Lipinski definition) is 0. The summed E-state index contributed by atoms with van der Waals surface area (Å²) in [6.45, 7) is 5.10. The average molecular weight is 236 g/mol. The summed E-state index contributed by atoms with van der Waals surface area (Å²) in [6, 6.07) is 7.01. The zero-order valence-corrected chi connectivity index (χ0v) is 10.7. The summed E-state index contributed by atoms with van der Waals surface area (Å²) in [5.41, 5.74) is 0.543. The van der Waals surface area contributed by atoms with Crippen LogP contribution in [0.2, 0.25) is 0 Å². The van der Waals surface area contributed by atoms with Crippen molar-refractivity contribution in [1.82, 2.24) is 0 Å². The van der Waals surface area contributed by atoms with Crippen LogP contribution in [0.4, 0.5) is 0 Å². The fourth-order valence-electron chi connectivity index (χ4n) is 1.39. The lowest BCUT2D eigenvalue weighted by atomic mass is 10.1. The zero-order valence-electron chi connectivity index (χ0n) is 10.7. The molecule has 1 aromatic rings. The molecule has 0 amide bonds. The van der Waals surface area contributed by atoms with E-state index in [1.807, 2.05) is 0 Å². The van der Waals surface area contributed by atoms with Crippen molar-refractivity contribution in [3.63, 3.8) is 0 Å². The van der Waals surface area contributed by atoms with Crippen LogP contribution < -0.4 is 4.74 Å². The van der Waals surface area contributed by atoms with Gasteiger partial charge in [0.05, 0.1) is 19.3 Å². The highest BCUT2D eigenvalue weighted by atomic mass is 16.5. The number of carbonyl (C=O) groups excluding carboxylic acids is 1. The molecule has 0 saturated carbocycles. The summed E-state index contributed by atoms with van der Waals surface area (Å²) in [6.07, 6.45) is 2.22. The average Bonchev–Trinajstić information content (AvgIpc) is 2.38. The second-order valence-electron chi connectivity index (χ2n) is 4.17. The summed E-state index contributed by atoms with van der Waals surface area (Å²) < 4.78 is 10.2. The van der Waals surface area contributed by atoms with E-state index in [2.05, 4.69) is 18.6 Å². The number of esters is 1. The second kappa shape index (κ2) is 6.94. The molecule has 0 aliphatic rings. The van der Waals surface area contributed by atoms with E-state index < -0.39 is 0 Å². The molecule has 94 valence electrons. The quantitative estimate of drug-likeness (QED) is 0.711. The van der Waals surface area contributed by atoms with Gasteiger partial charge in [0, 0.05) is 0 Å². The maximum absolute atomic E-state index is 11.2. The first-order chi connectivity index (χ1) is 8.17. The zero-order chi connectivity index (χ0) is 12.7. The highest BCUT2D eigenvalue weighted by molar-refractivity contribution is 5.89. The Morgan fingerprint density at radius 2 is 1.94 bits per heavy atom. The van der Waals surface area contributed by atoms with Gasteiger partial charge in [0.25, 0.3) is 0 Å². The Morgan fingerprint density at radius 3 is 2.47 bits per heavy atom. The maximum Gasteiger partial charge on any atom is 0.337 e. The molecule has 17 heavy (non-hydrogen) atoms. The molecule has 1 rings (SSSR count). The normalized spacial score (nSPS) is 11.9. The number of rotatable bonds is 6. The molecule has 3 heteroatoms. The Bertz CT molecular complexity index is 343. The van der Waals surface area contributed by atoms with E-state index in [0.717, 1.165) is 12.2 Å². The Morgan fingerprint density at radius 1 is 1.29 bits per heavy atom. The minimum atomic E-state index is -0.323. The topological polar surface area (TPSA) is 35.5 Å². The molecule has 0 radical (unpaired) electrons. The molecule has 0 saturated heterocycles.